The SMILES string of the molecule is Cc1ccc(F)c(NC(=O)c2cc([N+](=O)[O-])ccc2Cl)c1. The molecular weight excluding hydrogens is 299 g/mol. The molecule has 7 heteroatoms. The Balaban J connectivity index is 2.34. The molecule has 2 aromatic carbocycles. The Morgan fingerprint density at radius 1 is 1.29 bits per heavy atom. The highest BCUT2D eigenvalue weighted by Crippen LogP contribution is 2.24. The van der Waals surface area contributed by atoms with Crippen molar-refractivity contribution in [2.45, 2.75) is 6.92 Å². The molecule has 0 heterocycles. The fourth-order valence-corrected chi connectivity index (χ4v) is 1.93. The zero-order chi connectivity index (χ0) is 15.6. The minimum absolute atomic E-state index is 0.0115. The standard InChI is InChI=1S/C14H10ClFN2O3/c1-8-2-5-12(16)13(6-8)17-14(19)10-7-9(18(20)21)3-4-11(10)15/h2-7H,1H3,(H,17,19). The summed E-state index contributed by atoms with van der Waals surface area (Å²) in [7, 11) is 0. The molecule has 0 radical (unpaired) electrons. The number of benzene rings is 2. The van der Waals surface area contributed by atoms with Crippen molar-refractivity contribution in [3.8, 4) is 0 Å². The number of nitro groups is 1. The molecule has 0 unspecified atom stereocenters. The second-order valence-corrected chi connectivity index (χ2v) is 4.77. The van der Waals surface area contributed by atoms with Gasteiger partial charge in [0.2, 0.25) is 0 Å². The Morgan fingerprint density at radius 3 is 2.67 bits per heavy atom. The van der Waals surface area contributed by atoms with Crippen LogP contribution in [-0.2, 0) is 0 Å². The molecule has 2 aromatic rings. The number of rotatable bonds is 3. The minimum Gasteiger partial charge on any atom is -0.319 e. The number of aryl methyl sites for hydroxylation is 1. The summed E-state index contributed by atoms with van der Waals surface area (Å²) in [6.07, 6.45) is 0. The summed E-state index contributed by atoms with van der Waals surface area (Å²) in [5.74, 6) is -1.32. The quantitative estimate of drug-likeness (QED) is 0.689. The molecule has 2 rings (SSSR count). The van der Waals surface area contributed by atoms with Crippen LogP contribution in [0.4, 0.5) is 15.8 Å². The van der Waals surface area contributed by atoms with E-state index in [0.717, 1.165) is 11.6 Å². The van der Waals surface area contributed by atoms with Crippen LogP contribution in [0.1, 0.15) is 15.9 Å². The number of nitrogens with one attached hydrogen (secondary N) is 1. The Labute approximate surface area is 124 Å². The molecule has 0 fully saturated rings. The van der Waals surface area contributed by atoms with Crippen LogP contribution in [-0.4, -0.2) is 10.8 Å². The maximum Gasteiger partial charge on any atom is 0.270 e. The van der Waals surface area contributed by atoms with E-state index in [1.54, 1.807) is 13.0 Å². The first kappa shape index (κ1) is 14.9. The average molecular weight is 309 g/mol. The van der Waals surface area contributed by atoms with Gasteiger partial charge in [0.25, 0.3) is 11.6 Å². The fourth-order valence-electron chi connectivity index (χ4n) is 1.73. The van der Waals surface area contributed by atoms with Crippen molar-refractivity contribution < 1.29 is 14.1 Å². The van der Waals surface area contributed by atoms with Crippen LogP contribution in [0.15, 0.2) is 36.4 Å². The van der Waals surface area contributed by atoms with E-state index in [4.69, 9.17) is 11.6 Å². The molecule has 0 aliphatic carbocycles. The lowest BCUT2D eigenvalue weighted by Gasteiger charge is -2.08. The molecule has 108 valence electrons. The van der Waals surface area contributed by atoms with Crippen molar-refractivity contribution in [3.63, 3.8) is 0 Å². The van der Waals surface area contributed by atoms with Crippen LogP contribution in [0.25, 0.3) is 0 Å². The maximum atomic E-state index is 13.6. The van der Waals surface area contributed by atoms with E-state index in [1.807, 2.05) is 0 Å². The first-order valence-electron chi connectivity index (χ1n) is 5.90. The number of carbonyl (C=O) groups excluding carboxylic acids is 1. The van der Waals surface area contributed by atoms with Crippen LogP contribution in [0.5, 0.6) is 0 Å². The van der Waals surface area contributed by atoms with Gasteiger partial charge in [-0.15, -0.1) is 0 Å². The second-order valence-electron chi connectivity index (χ2n) is 4.36. The lowest BCUT2D eigenvalue weighted by atomic mass is 10.1. The van der Waals surface area contributed by atoms with Gasteiger partial charge in [-0.05, 0) is 30.7 Å². The molecule has 0 atom stereocenters. The molecule has 0 bridgehead atoms. The molecule has 1 N–H and O–H groups in total. The van der Waals surface area contributed by atoms with Crippen LogP contribution >= 0.6 is 11.6 Å². The minimum atomic E-state index is -0.715. The summed E-state index contributed by atoms with van der Waals surface area (Å²) in [6.45, 7) is 1.75. The van der Waals surface area contributed by atoms with E-state index in [0.29, 0.717) is 0 Å². The monoisotopic (exact) mass is 308 g/mol. The van der Waals surface area contributed by atoms with E-state index in [1.165, 1.54) is 24.3 Å². The van der Waals surface area contributed by atoms with Crippen LogP contribution in [0.3, 0.4) is 0 Å². The van der Waals surface area contributed by atoms with Crippen molar-refractivity contribution in [1.29, 1.82) is 0 Å². The van der Waals surface area contributed by atoms with Gasteiger partial charge in [0.1, 0.15) is 5.82 Å². The molecule has 0 saturated heterocycles. The highest BCUT2D eigenvalue weighted by Gasteiger charge is 2.17. The topological polar surface area (TPSA) is 72.2 Å². The average Bonchev–Trinajstić information content (AvgIpc) is 2.43. The lowest BCUT2D eigenvalue weighted by Crippen LogP contribution is -2.14. The van der Waals surface area contributed by atoms with Crippen LogP contribution in [0.2, 0.25) is 5.02 Å². The van der Waals surface area contributed by atoms with E-state index in [9.17, 15) is 19.3 Å². The third-order valence-corrected chi connectivity index (χ3v) is 3.11. The Hall–Kier alpha value is -2.47. The largest absolute Gasteiger partial charge is 0.319 e. The predicted molar refractivity (Wildman–Crippen MR) is 77.2 cm³/mol. The van der Waals surface area contributed by atoms with Crippen molar-refractivity contribution >= 4 is 28.9 Å². The molecule has 0 saturated carbocycles. The zero-order valence-corrected chi connectivity index (χ0v) is 11.6. The number of nitro benzene ring substituents is 1. The van der Waals surface area contributed by atoms with Gasteiger partial charge in [-0.3, -0.25) is 14.9 Å². The molecule has 0 aliphatic rings. The molecule has 5 nitrogen and oxygen atoms in total. The summed E-state index contributed by atoms with van der Waals surface area (Å²) in [5.41, 5.74) is 0.389. The third kappa shape index (κ3) is 3.35. The van der Waals surface area contributed by atoms with Gasteiger partial charge >= 0.3 is 0 Å². The molecule has 0 spiro atoms. The van der Waals surface area contributed by atoms with E-state index < -0.39 is 16.6 Å². The first-order valence-corrected chi connectivity index (χ1v) is 6.27. The number of amides is 1. The first-order chi connectivity index (χ1) is 9.88. The number of carbonyl (C=O) groups is 1. The lowest BCUT2D eigenvalue weighted by molar-refractivity contribution is -0.384. The summed E-state index contributed by atoms with van der Waals surface area (Å²) in [6, 6.07) is 7.72. The van der Waals surface area contributed by atoms with Crippen molar-refractivity contribution in [2.24, 2.45) is 0 Å². The van der Waals surface area contributed by atoms with Gasteiger partial charge in [0.15, 0.2) is 0 Å². The second kappa shape index (κ2) is 5.88. The van der Waals surface area contributed by atoms with Gasteiger partial charge in [0.05, 0.1) is 21.2 Å². The van der Waals surface area contributed by atoms with E-state index in [2.05, 4.69) is 5.32 Å². The van der Waals surface area contributed by atoms with E-state index in [-0.39, 0.29) is 22.0 Å². The molecule has 0 aliphatic heterocycles. The third-order valence-electron chi connectivity index (χ3n) is 2.78. The van der Waals surface area contributed by atoms with Crippen molar-refractivity contribution in [2.75, 3.05) is 5.32 Å². The molecule has 21 heavy (non-hydrogen) atoms. The smallest absolute Gasteiger partial charge is 0.270 e. The predicted octanol–water partition coefficient (Wildman–Crippen LogP) is 3.95. The summed E-state index contributed by atoms with van der Waals surface area (Å²) in [4.78, 5) is 22.2. The highest BCUT2D eigenvalue weighted by molar-refractivity contribution is 6.34. The van der Waals surface area contributed by atoms with Gasteiger partial charge in [-0.1, -0.05) is 17.7 Å². The summed E-state index contributed by atoms with van der Waals surface area (Å²) in [5, 5.41) is 13.1. The number of hydrogen-bond donors (Lipinski definition) is 1. The van der Waals surface area contributed by atoms with Gasteiger partial charge in [-0.2, -0.15) is 0 Å². The van der Waals surface area contributed by atoms with Crippen LogP contribution in [0, 0.1) is 22.9 Å². The zero-order valence-electron chi connectivity index (χ0n) is 10.9. The number of halogens is 2. The Morgan fingerprint density at radius 2 is 2.00 bits per heavy atom. The van der Waals surface area contributed by atoms with Crippen LogP contribution < -0.4 is 5.32 Å². The maximum absolute atomic E-state index is 13.6. The molecule has 0 aromatic heterocycles. The highest BCUT2D eigenvalue weighted by atomic mass is 35.5. The fraction of sp³-hybridized carbons (Fsp3) is 0.0714. The normalized spacial score (nSPS) is 10.2. The number of non-ortho nitro benzene ring substituents is 1. The number of hydrogen-bond acceptors (Lipinski definition) is 3. The number of nitrogens with zero attached hydrogens (tertiary/aromatic N) is 1. The summed E-state index contributed by atoms with van der Waals surface area (Å²) < 4.78 is 13.6. The number of anilines is 1. The Bertz CT molecular complexity index is 734. The summed E-state index contributed by atoms with van der Waals surface area (Å²) >= 11 is 5.86. The molecule has 1 amide bonds. The van der Waals surface area contributed by atoms with Crippen molar-refractivity contribution in [1.82, 2.24) is 0 Å². The Kier molecular flexibility index (Phi) is 4.18. The van der Waals surface area contributed by atoms with Gasteiger partial charge < -0.3 is 5.32 Å². The van der Waals surface area contributed by atoms with Crippen molar-refractivity contribution in [3.05, 3.63) is 68.5 Å². The molecular formula is C14H10ClFN2O3. The van der Waals surface area contributed by atoms with E-state index >= 15 is 0 Å². The van der Waals surface area contributed by atoms with Gasteiger partial charge in [-0.25, -0.2) is 4.39 Å². The van der Waals surface area contributed by atoms with Gasteiger partial charge in [0, 0.05) is 12.1 Å².